The third-order valence-corrected chi connectivity index (χ3v) is 5.84. The zero-order valence-corrected chi connectivity index (χ0v) is 18.5. The van der Waals surface area contributed by atoms with Gasteiger partial charge in [-0.15, -0.1) is 16.9 Å². The van der Waals surface area contributed by atoms with Gasteiger partial charge in [0.05, 0.1) is 22.0 Å². The number of amides is 1. The molecule has 13 heteroatoms. The van der Waals surface area contributed by atoms with Crippen LogP contribution in [-0.4, -0.2) is 37.4 Å². The van der Waals surface area contributed by atoms with E-state index in [1.807, 2.05) is 30.3 Å². The van der Waals surface area contributed by atoms with Gasteiger partial charge in [0, 0.05) is 16.2 Å². The molecule has 4 aromatic rings. The number of aromatic nitrogens is 5. The number of carbonyl (C=O) groups is 1. The molecule has 162 valence electrons. The van der Waals surface area contributed by atoms with Crippen molar-refractivity contribution in [1.29, 1.82) is 0 Å². The number of carbonyl (C=O) groups excluding carboxylic acids is 1. The van der Waals surface area contributed by atoms with Crippen LogP contribution in [0.3, 0.4) is 0 Å². The van der Waals surface area contributed by atoms with E-state index >= 15 is 0 Å². The first kappa shape index (κ1) is 21.8. The molecular weight excluding hydrogens is 475 g/mol. The van der Waals surface area contributed by atoms with Crippen molar-refractivity contribution in [2.75, 3.05) is 5.73 Å². The lowest BCUT2D eigenvalue weighted by molar-refractivity contribution is 0.0949. The Morgan fingerprint density at radius 3 is 2.59 bits per heavy atom. The largest absolute Gasteiger partial charge is 0.378 e. The summed E-state index contributed by atoms with van der Waals surface area (Å²) in [5.74, 6) is -0.105. The Hall–Kier alpha value is -3.41. The average molecular weight is 489 g/mol. The highest BCUT2D eigenvalue weighted by Crippen LogP contribution is 2.26. The van der Waals surface area contributed by atoms with Gasteiger partial charge in [-0.1, -0.05) is 52.7 Å². The van der Waals surface area contributed by atoms with Crippen LogP contribution in [0, 0.1) is 0 Å². The fraction of sp³-hybridized carbons (Fsp3) is 0.0526. The molecule has 32 heavy (non-hydrogen) atoms. The quantitative estimate of drug-likeness (QED) is 0.228. The summed E-state index contributed by atoms with van der Waals surface area (Å²) >= 11 is 13.7. The monoisotopic (exact) mass is 488 g/mol. The van der Waals surface area contributed by atoms with E-state index in [-0.39, 0.29) is 17.3 Å². The second-order valence-electron chi connectivity index (χ2n) is 6.21. The number of anilines is 1. The van der Waals surface area contributed by atoms with Crippen molar-refractivity contribution in [2.24, 2.45) is 5.10 Å². The first-order chi connectivity index (χ1) is 15.5. The van der Waals surface area contributed by atoms with E-state index in [1.165, 1.54) is 22.7 Å². The second-order valence-corrected chi connectivity index (χ2v) is 8.07. The zero-order chi connectivity index (χ0) is 22.5. The van der Waals surface area contributed by atoms with E-state index in [4.69, 9.17) is 28.9 Å². The zero-order valence-electron chi connectivity index (χ0n) is 16.1. The Morgan fingerprint density at radius 2 is 1.91 bits per heavy atom. The highest BCUT2D eigenvalue weighted by atomic mass is 35.5. The van der Waals surface area contributed by atoms with Crippen LogP contribution < -0.4 is 11.2 Å². The number of nitrogens with zero attached hydrogens (tertiary/aromatic N) is 6. The van der Waals surface area contributed by atoms with Crippen molar-refractivity contribution >= 4 is 52.9 Å². The number of hydrazone groups is 1. The lowest BCUT2D eigenvalue weighted by Gasteiger charge is -2.06. The Morgan fingerprint density at radius 1 is 1.16 bits per heavy atom. The molecule has 0 radical (unpaired) electrons. The van der Waals surface area contributed by atoms with Gasteiger partial charge in [0.1, 0.15) is 0 Å². The molecule has 0 bridgehead atoms. The number of halogens is 2. The van der Waals surface area contributed by atoms with Gasteiger partial charge in [-0.2, -0.15) is 9.78 Å². The summed E-state index contributed by atoms with van der Waals surface area (Å²) in [4.78, 5) is 13.8. The van der Waals surface area contributed by atoms with E-state index in [0.29, 0.717) is 27.1 Å². The number of hydrogen-bond acceptors (Lipinski definition) is 9. The Balaban J connectivity index is 1.59. The minimum absolute atomic E-state index is 0.0131. The molecule has 0 aliphatic carbocycles. The minimum atomic E-state index is -0.589. The van der Waals surface area contributed by atoms with E-state index < -0.39 is 5.91 Å². The predicted molar refractivity (Wildman–Crippen MR) is 121 cm³/mol. The number of rotatable bonds is 7. The highest BCUT2D eigenvalue weighted by Gasteiger charge is 2.24. The summed E-state index contributed by atoms with van der Waals surface area (Å²) in [5.41, 5.74) is 9.15. The van der Waals surface area contributed by atoms with Crippen LogP contribution in [0.25, 0.3) is 5.82 Å². The summed E-state index contributed by atoms with van der Waals surface area (Å²) in [5, 5.41) is 20.0. The standard InChI is InChI=1S/C19H14Cl2N8O2S/c20-13-7-4-8-14(21)12(13)9-23-25-19(30)16-15(10-32-11-5-2-1-3-6-11)29(28-24-16)18-17(22)26-31-27-18/h1-9H,10H2,(H2,22,26)(H,25,30)/b23-9+. The van der Waals surface area contributed by atoms with Crippen LogP contribution in [-0.2, 0) is 5.75 Å². The number of benzene rings is 2. The lowest BCUT2D eigenvalue weighted by Crippen LogP contribution is -2.20. The molecule has 0 spiro atoms. The molecular formula is C19H14Cl2N8O2S. The second kappa shape index (κ2) is 9.81. The van der Waals surface area contributed by atoms with Crippen molar-refractivity contribution < 1.29 is 9.42 Å². The van der Waals surface area contributed by atoms with Crippen molar-refractivity contribution in [1.82, 2.24) is 30.7 Å². The predicted octanol–water partition coefficient (Wildman–Crippen LogP) is 3.60. The topological polar surface area (TPSA) is 137 Å². The molecule has 10 nitrogen and oxygen atoms in total. The minimum Gasteiger partial charge on any atom is -0.378 e. The molecule has 2 heterocycles. The number of nitrogen functional groups attached to an aromatic ring is 1. The van der Waals surface area contributed by atoms with E-state index in [1.54, 1.807) is 18.2 Å². The molecule has 0 atom stereocenters. The van der Waals surface area contributed by atoms with Crippen molar-refractivity contribution in [3.8, 4) is 5.82 Å². The van der Waals surface area contributed by atoms with Crippen LogP contribution in [0.15, 0.2) is 63.2 Å². The van der Waals surface area contributed by atoms with Crippen molar-refractivity contribution in [2.45, 2.75) is 10.6 Å². The molecule has 0 saturated carbocycles. The average Bonchev–Trinajstić information content (AvgIpc) is 3.40. The highest BCUT2D eigenvalue weighted by molar-refractivity contribution is 7.98. The van der Waals surface area contributed by atoms with Crippen LogP contribution >= 0.6 is 35.0 Å². The van der Waals surface area contributed by atoms with Crippen LogP contribution in [0.2, 0.25) is 10.0 Å². The molecule has 4 rings (SSSR count). The molecule has 3 N–H and O–H groups in total. The molecule has 1 amide bonds. The fourth-order valence-corrected chi connectivity index (χ4v) is 4.03. The first-order valence-electron chi connectivity index (χ1n) is 9.03. The van der Waals surface area contributed by atoms with Crippen LogP contribution in [0.4, 0.5) is 5.82 Å². The van der Waals surface area contributed by atoms with Gasteiger partial charge in [-0.3, -0.25) is 4.79 Å². The maximum Gasteiger partial charge on any atom is 0.293 e. The van der Waals surface area contributed by atoms with Crippen molar-refractivity contribution in [3.05, 3.63) is 75.5 Å². The number of thioether (sulfide) groups is 1. The summed E-state index contributed by atoms with van der Waals surface area (Å²) in [7, 11) is 0. The maximum atomic E-state index is 12.8. The van der Waals surface area contributed by atoms with E-state index in [0.717, 1.165) is 4.90 Å². The fourth-order valence-electron chi connectivity index (χ4n) is 2.63. The summed E-state index contributed by atoms with van der Waals surface area (Å²) in [6.07, 6.45) is 1.35. The normalized spacial score (nSPS) is 11.2. The molecule has 0 unspecified atom stereocenters. The third-order valence-electron chi connectivity index (χ3n) is 4.15. The number of nitrogens with one attached hydrogen (secondary N) is 1. The van der Waals surface area contributed by atoms with Gasteiger partial charge in [-0.05, 0) is 34.6 Å². The molecule has 0 saturated heterocycles. The number of hydrogen-bond donors (Lipinski definition) is 2. The smallest absolute Gasteiger partial charge is 0.293 e. The molecule has 0 fully saturated rings. The van der Waals surface area contributed by atoms with Gasteiger partial charge in [0.2, 0.25) is 11.6 Å². The van der Waals surface area contributed by atoms with Gasteiger partial charge < -0.3 is 5.73 Å². The molecule has 0 aliphatic rings. The SMILES string of the molecule is Nc1nonc1-n1nnc(C(=O)N/N=C/c2c(Cl)cccc2Cl)c1CSc1ccccc1. The third kappa shape index (κ3) is 4.74. The first-order valence-corrected chi connectivity index (χ1v) is 10.8. The number of nitrogens with two attached hydrogens (primary N) is 1. The Labute approximate surface area is 195 Å². The van der Waals surface area contributed by atoms with Gasteiger partial charge in [-0.25, -0.2) is 10.1 Å². The van der Waals surface area contributed by atoms with E-state index in [9.17, 15) is 4.79 Å². The van der Waals surface area contributed by atoms with Gasteiger partial charge in [0.25, 0.3) is 5.91 Å². The lowest BCUT2D eigenvalue weighted by atomic mass is 10.2. The maximum absolute atomic E-state index is 12.8. The van der Waals surface area contributed by atoms with Crippen LogP contribution in [0.1, 0.15) is 21.7 Å². The summed E-state index contributed by atoms with van der Waals surface area (Å²) in [6.45, 7) is 0. The Bertz CT molecular complexity index is 1260. The Kier molecular flexibility index (Phi) is 6.69. The molecule has 0 aliphatic heterocycles. The van der Waals surface area contributed by atoms with Crippen molar-refractivity contribution in [3.63, 3.8) is 0 Å². The molecule has 2 aromatic heterocycles. The van der Waals surface area contributed by atoms with E-state index in [2.05, 4.69) is 35.8 Å². The molecule has 2 aromatic carbocycles. The summed E-state index contributed by atoms with van der Waals surface area (Å²) < 4.78 is 5.96. The van der Waals surface area contributed by atoms with Gasteiger partial charge in [0.15, 0.2) is 5.69 Å². The summed E-state index contributed by atoms with van der Waals surface area (Å²) in [6, 6.07) is 14.7. The van der Waals surface area contributed by atoms with Gasteiger partial charge >= 0.3 is 0 Å². The van der Waals surface area contributed by atoms with Crippen LogP contribution in [0.5, 0.6) is 0 Å².